The first-order chi connectivity index (χ1) is 9.00. The molecule has 0 fully saturated rings. The molecular weight excluding hydrogens is 252 g/mol. The van der Waals surface area contributed by atoms with Crippen LogP contribution >= 0.6 is 11.8 Å². The van der Waals surface area contributed by atoms with Gasteiger partial charge in [0, 0.05) is 6.04 Å². The Morgan fingerprint density at radius 3 is 2.32 bits per heavy atom. The fraction of sp³-hybridized carbons (Fsp3) is 0.562. The Kier molecular flexibility index (Phi) is 6.41. The lowest BCUT2D eigenvalue weighted by Gasteiger charge is -2.31. The third-order valence-corrected chi connectivity index (χ3v) is 4.03. The lowest BCUT2D eigenvalue weighted by Crippen LogP contribution is -2.45. The fourth-order valence-electron chi connectivity index (χ4n) is 2.12. The van der Waals surface area contributed by atoms with E-state index in [1.165, 1.54) is 0 Å². The quantitative estimate of drug-likeness (QED) is 0.819. The molecule has 0 aliphatic heterocycles. The van der Waals surface area contributed by atoms with Crippen molar-refractivity contribution in [2.24, 2.45) is 0 Å². The zero-order chi connectivity index (χ0) is 14.3. The minimum Gasteiger partial charge on any atom is -0.293 e. The van der Waals surface area contributed by atoms with Crippen LogP contribution in [0.4, 0.5) is 0 Å². The SMILES string of the molecule is CC(C)NC(C#N)(CCSC(C)C)c1ccccc1. The highest BCUT2D eigenvalue weighted by Crippen LogP contribution is 2.28. The summed E-state index contributed by atoms with van der Waals surface area (Å²) in [5, 5.41) is 13.8. The average molecular weight is 276 g/mol. The van der Waals surface area contributed by atoms with Gasteiger partial charge in [-0.1, -0.05) is 44.2 Å². The summed E-state index contributed by atoms with van der Waals surface area (Å²) < 4.78 is 0. The Balaban J connectivity index is 2.92. The van der Waals surface area contributed by atoms with Crippen LogP contribution in [0.25, 0.3) is 0 Å². The van der Waals surface area contributed by atoms with E-state index in [0.717, 1.165) is 17.7 Å². The van der Waals surface area contributed by atoms with Crippen LogP contribution in [0, 0.1) is 11.3 Å². The van der Waals surface area contributed by atoms with Gasteiger partial charge >= 0.3 is 0 Å². The highest BCUT2D eigenvalue weighted by atomic mass is 32.2. The van der Waals surface area contributed by atoms with Crippen molar-refractivity contribution in [1.82, 2.24) is 5.32 Å². The van der Waals surface area contributed by atoms with Crippen molar-refractivity contribution in [3.05, 3.63) is 35.9 Å². The maximum Gasteiger partial charge on any atom is 0.133 e. The molecule has 1 aromatic rings. The van der Waals surface area contributed by atoms with Gasteiger partial charge in [0.2, 0.25) is 0 Å². The molecule has 1 rings (SSSR count). The van der Waals surface area contributed by atoms with Crippen LogP contribution < -0.4 is 5.32 Å². The van der Waals surface area contributed by atoms with E-state index < -0.39 is 5.54 Å². The van der Waals surface area contributed by atoms with Gasteiger partial charge in [-0.15, -0.1) is 0 Å². The summed E-state index contributed by atoms with van der Waals surface area (Å²) in [5.74, 6) is 0.986. The van der Waals surface area contributed by atoms with E-state index in [1.807, 2.05) is 42.1 Å². The van der Waals surface area contributed by atoms with Gasteiger partial charge in [-0.05, 0) is 36.8 Å². The largest absolute Gasteiger partial charge is 0.293 e. The van der Waals surface area contributed by atoms with Gasteiger partial charge in [-0.2, -0.15) is 17.0 Å². The van der Waals surface area contributed by atoms with Crippen molar-refractivity contribution < 1.29 is 0 Å². The summed E-state index contributed by atoms with van der Waals surface area (Å²) >= 11 is 1.90. The first-order valence-corrected chi connectivity index (χ1v) is 7.91. The Labute approximate surface area is 121 Å². The zero-order valence-corrected chi connectivity index (χ0v) is 13.1. The van der Waals surface area contributed by atoms with Gasteiger partial charge in [0.1, 0.15) is 5.54 Å². The van der Waals surface area contributed by atoms with E-state index in [9.17, 15) is 5.26 Å². The fourth-order valence-corrected chi connectivity index (χ4v) is 3.01. The van der Waals surface area contributed by atoms with Crippen LogP contribution in [-0.4, -0.2) is 17.0 Å². The van der Waals surface area contributed by atoms with Crippen LogP contribution in [0.2, 0.25) is 0 Å². The highest BCUT2D eigenvalue weighted by molar-refractivity contribution is 7.99. The molecule has 2 nitrogen and oxygen atoms in total. The average Bonchev–Trinajstić information content (AvgIpc) is 2.37. The summed E-state index contributed by atoms with van der Waals surface area (Å²) in [6.45, 7) is 8.56. The first-order valence-electron chi connectivity index (χ1n) is 6.86. The lowest BCUT2D eigenvalue weighted by atomic mass is 9.88. The molecular formula is C16H24N2S. The topological polar surface area (TPSA) is 35.8 Å². The number of hydrogen-bond donors (Lipinski definition) is 1. The molecule has 3 heteroatoms. The van der Waals surface area contributed by atoms with Gasteiger partial charge < -0.3 is 0 Å². The monoisotopic (exact) mass is 276 g/mol. The molecule has 1 unspecified atom stereocenters. The predicted octanol–water partition coefficient (Wildman–Crippen LogP) is 3.94. The van der Waals surface area contributed by atoms with Gasteiger partial charge in [0.05, 0.1) is 6.07 Å². The molecule has 19 heavy (non-hydrogen) atoms. The lowest BCUT2D eigenvalue weighted by molar-refractivity contribution is 0.378. The van der Waals surface area contributed by atoms with Gasteiger partial charge in [0.15, 0.2) is 0 Å². The van der Waals surface area contributed by atoms with E-state index >= 15 is 0 Å². The van der Waals surface area contributed by atoms with Gasteiger partial charge in [0.25, 0.3) is 0 Å². The predicted molar refractivity (Wildman–Crippen MR) is 84.2 cm³/mol. The summed E-state index contributed by atoms with van der Waals surface area (Å²) in [6, 6.07) is 12.9. The number of benzene rings is 1. The minimum absolute atomic E-state index is 0.281. The zero-order valence-electron chi connectivity index (χ0n) is 12.3. The molecule has 1 N–H and O–H groups in total. The normalized spacial score (nSPS) is 14.4. The molecule has 0 aromatic heterocycles. The van der Waals surface area contributed by atoms with Crippen molar-refractivity contribution in [1.29, 1.82) is 5.26 Å². The second kappa shape index (κ2) is 7.57. The third kappa shape index (κ3) is 4.89. The van der Waals surface area contributed by atoms with Gasteiger partial charge in [-0.25, -0.2) is 0 Å². The number of nitrogens with zero attached hydrogens (tertiary/aromatic N) is 1. The smallest absolute Gasteiger partial charge is 0.133 e. The summed E-state index contributed by atoms with van der Waals surface area (Å²) in [4.78, 5) is 0. The van der Waals surface area contributed by atoms with Crippen molar-refractivity contribution in [3.8, 4) is 6.07 Å². The minimum atomic E-state index is -0.572. The summed E-state index contributed by atoms with van der Waals surface area (Å²) in [5.41, 5.74) is 0.493. The van der Waals surface area contributed by atoms with Crippen LogP contribution in [0.3, 0.4) is 0 Å². The van der Waals surface area contributed by atoms with Crippen molar-refractivity contribution in [2.45, 2.75) is 50.9 Å². The molecule has 104 valence electrons. The maximum atomic E-state index is 9.72. The summed E-state index contributed by atoms with van der Waals surface area (Å²) in [6.07, 6.45) is 0.828. The number of hydrogen-bond acceptors (Lipinski definition) is 3. The second-order valence-electron chi connectivity index (χ2n) is 5.35. The molecule has 0 saturated heterocycles. The standard InChI is InChI=1S/C16H24N2S/c1-13(2)18-16(12-17,10-11-19-14(3)4)15-8-6-5-7-9-15/h5-9,13-14,18H,10-11H2,1-4H3. The van der Waals surface area contributed by atoms with Crippen LogP contribution in [0.1, 0.15) is 39.7 Å². The molecule has 1 atom stereocenters. The first kappa shape index (κ1) is 16.1. The molecule has 0 bridgehead atoms. The van der Waals surface area contributed by atoms with E-state index in [2.05, 4.69) is 39.1 Å². The number of nitrogens with one attached hydrogen (secondary N) is 1. The molecule has 0 spiro atoms. The Bertz CT molecular complexity index is 409. The van der Waals surface area contributed by atoms with Crippen LogP contribution in [0.5, 0.6) is 0 Å². The molecule has 0 saturated carbocycles. The Morgan fingerprint density at radius 2 is 1.84 bits per heavy atom. The van der Waals surface area contributed by atoms with Crippen LogP contribution in [0.15, 0.2) is 30.3 Å². The molecule has 0 heterocycles. The molecule has 0 radical (unpaired) electrons. The van der Waals surface area contributed by atoms with E-state index in [-0.39, 0.29) is 6.04 Å². The molecule has 0 aliphatic rings. The van der Waals surface area contributed by atoms with Gasteiger partial charge in [-0.3, -0.25) is 5.32 Å². The highest BCUT2D eigenvalue weighted by Gasteiger charge is 2.32. The Hall–Kier alpha value is -0.980. The third-order valence-electron chi connectivity index (χ3n) is 2.92. The molecule has 0 amide bonds. The van der Waals surface area contributed by atoms with E-state index in [1.54, 1.807) is 0 Å². The second-order valence-corrected chi connectivity index (χ2v) is 7.04. The van der Waals surface area contributed by atoms with Crippen molar-refractivity contribution in [2.75, 3.05) is 5.75 Å². The van der Waals surface area contributed by atoms with Crippen LogP contribution in [-0.2, 0) is 5.54 Å². The molecule has 1 aromatic carbocycles. The molecule has 0 aliphatic carbocycles. The van der Waals surface area contributed by atoms with Crippen molar-refractivity contribution in [3.63, 3.8) is 0 Å². The maximum absolute atomic E-state index is 9.72. The van der Waals surface area contributed by atoms with E-state index in [4.69, 9.17) is 0 Å². The number of thioether (sulfide) groups is 1. The van der Waals surface area contributed by atoms with Crippen molar-refractivity contribution >= 4 is 11.8 Å². The number of rotatable bonds is 7. The summed E-state index contributed by atoms with van der Waals surface area (Å²) in [7, 11) is 0. The van der Waals surface area contributed by atoms with E-state index in [0.29, 0.717) is 5.25 Å². The number of nitriles is 1. The Morgan fingerprint density at radius 1 is 1.21 bits per heavy atom.